The molecule has 0 saturated carbocycles. The van der Waals surface area contributed by atoms with Crippen molar-refractivity contribution in [2.75, 3.05) is 13.1 Å². The largest absolute Gasteiger partial charge is 0.348 e. The van der Waals surface area contributed by atoms with Gasteiger partial charge in [-0.3, -0.25) is 4.79 Å². The lowest BCUT2D eigenvalue weighted by atomic mass is 10.1. The quantitative estimate of drug-likeness (QED) is 0.792. The minimum atomic E-state index is -0.0365. The van der Waals surface area contributed by atoms with Gasteiger partial charge in [0.25, 0.3) is 5.91 Å². The molecular weight excluding hydrogens is 351 g/mol. The van der Waals surface area contributed by atoms with Crippen LogP contribution < -0.4 is 10.6 Å². The van der Waals surface area contributed by atoms with Crippen molar-refractivity contribution < 1.29 is 4.79 Å². The molecule has 1 aliphatic heterocycles. The summed E-state index contributed by atoms with van der Waals surface area (Å²) in [5.41, 5.74) is 0.656. The number of piperidine rings is 1. The highest BCUT2D eigenvalue weighted by atomic mass is 127. The van der Waals surface area contributed by atoms with Gasteiger partial charge in [0.15, 0.2) is 0 Å². The molecule has 0 spiro atoms. The van der Waals surface area contributed by atoms with Gasteiger partial charge in [-0.1, -0.05) is 11.6 Å². The van der Waals surface area contributed by atoms with Gasteiger partial charge in [-0.15, -0.1) is 0 Å². The van der Waals surface area contributed by atoms with Crippen molar-refractivity contribution in [3.8, 4) is 0 Å². The number of halogens is 2. The fourth-order valence-electron chi connectivity index (χ4n) is 1.91. The zero-order valence-corrected chi connectivity index (χ0v) is 12.2. The molecule has 5 heteroatoms. The first-order valence-electron chi connectivity index (χ1n) is 5.63. The van der Waals surface area contributed by atoms with E-state index in [9.17, 15) is 4.79 Å². The zero-order chi connectivity index (χ0) is 12.3. The maximum atomic E-state index is 12.1. The Kier molecular flexibility index (Phi) is 4.64. The van der Waals surface area contributed by atoms with Crippen LogP contribution in [0.15, 0.2) is 18.2 Å². The van der Waals surface area contributed by atoms with Crippen LogP contribution in [0.5, 0.6) is 0 Å². The molecule has 1 aromatic rings. The Bertz CT molecular complexity index is 419. The first kappa shape index (κ1) is 13.1. The van der Waals surface area contributed by atoms with E-state index >= 15 is 0 Å². The number of nitrogens with one attached hydrogen (secondary N) is 2. The molecule has 0 aromatic heterocycles. The molecule has 1 heterocycles. The summed E-state index contributed by atoms with van der Waals surface area (Å²) in [4.78, 5) is 12.1. The van der Waals surface area contributed by atoms with Gasteiger partial charge in [-0.2, -0.15) is 0 Å². The Morgan fingerprint density at radius 3 is 3.06 bits per heavy atom. The van der Waals surface area contributed by atoms with Gasteiger partial charge < -0.3 is 10.6 Å². The van der Waals surface area contributed by atoms with Gasteiger partial charge in [0.1, 0.15) is 0 Å². The minimum Gasteiger partial charge on any atom is -0.348 e. The number of carbonyl (C=O) groups excluding carboxylic acids is 1. The predicted octanol–water partition coefficient (Wildman–Crippen LogP) is 2.43. The molecule has 0 bridgehead atoms. The van der Waals surface area contributed by atoms with E-state index in [1.54, 1.807) is 12.1 Å². The highest BCUT2D eigenvalue weighted by Crippen LogP contribution is 2.18. The van der Waals surface area contributed by atoms with E-state index < -0.39 is 0 Å². The fourth-order valence-corrected chi connectivity index (χ4v) is 2.66. The van der Waals surface area contributed by atoms with Crippen LogP contribution in [-0.4, -0.2) is 25.0 Å². The van der Waals surface area contributed by atoms with E-state index in [4.69, 9.17) is 11.6 Å². The van der Waals surface area contributed by atoms with Crippen LogP contribution >= 0.6 is 34.2 Å². The predicted molar refractivity (Wildman–Crippen MR) is 77.5 cm³/mol. The molecule has 1 atom stereocenters. The third-order valence-corrected chi connectivity index (χ3v) is 3.98. The monoisotopic (exact) mass is 364 g/mol. The summed E-state index contributed by atoms with van der Waals surface area (Å²) in [7, 11) is 0. The lowest BCUT2D eigenvalue weighted by Gasteiger charge is -2.24. The number of carbonyl (C=O) groups is 1. The Balaban J connectivity index is 2.05. The number of benzene rings is 1. The second kappa shape index (κ2) is 6.02. The molecule has 1 aromatic carbocycles. The number of rotatable bonds is 2. The maximum Gasteiger partial charge on any atom is 0.252 e. The van der Waals surface area contributed by atoms with E-state index in [1.165, 1.54) is 0 Å². The molecule has 1 unspecified atom stereocenters. The smallest absolute Gasteiger partial charge is 0.252 e. The van der Waals surface area contributed by atoms with Crippen LogP contribution in [0.4, 0.5) is 0 Å². The summed E-state index contributed by atoms with van der Waals surface area (Å²) in [5, 5.41) is 6.91. The van der Waals surface area contributed by atoms with Crippen LogP contribution in [0.1, 0.15) is 23.2 Å². The van der Waals surface area contributed by atoms with Crippen molar-refractivity contribution in [3.63, 3.8) is 0 Å². The molecule has 2 rings (SSSR count). The fraction of sp³-hybridized carbons (Fsp3) is 0.417. The summed E-state index contributed by atoms with van der Waals surface area (Å²) in [5.74, 6) is -0.0365. The minimum absolute atomic E-state index is 0.0365. The molecular formula is C12H14ClIN2O. The summed E-state index contributed by atoms with van der Waals surface area (Å²) in [6.07, 6.45) is 2.15. The molecule has 1 amide bonds. The summed E-state index contributed by atoms with van der Waals surface area (Å²) >= 11 is 8.06. The van der Waals surface area contributed by atoms with Crippen LogP contribution in [0.25, 0.3) is 0 Å². The van der Waals surface area contributed by atoms with Crippen molar-refractivity contribution in [1.82, 2.24) is 10.6 Å². The summed E-state index contributed by atoms with van der Waals surface area (Å²) < 4.78 is 0.924. The Morgan fingerprint density at radius 2 is 2.35 bits per heavy atom. The van der Waals surface area contributed by atoms with Crippen LogP contribution in [0.3, 0.4) is 0 Å². The van der Waals surface area contributed by atoms with E-state index in [0.29, 0.717) is 10.6 Å². The van der Waals surface area contributed by atoms with Crippen molar-refractivity contribution in [3.05, 3.63) is 32.4 Å². The zero-order valence-electron chi connectivity index (χ0n) is 9.30. The highest BCUT2D eigenvalue weighted by Gasteiger charge is 2.17. The summed E-state index contributed by atoms with van der Waals surface area (Å²) in [6, 6.07) is 5.60. The van der Waals surface area contributed by atoms with E-state index in [0.717, 1.165) is 29.5 Å². The lowest BCUT2D eigenvalue weighted by molar-refractivity contribution is 0.0930. The molecule has 0 radical (unpaired) electrons. The Labute approximate surface area is 119 Å². The molecule has 1 fully saturated rings. The van der Waals surface area contributed by atoms with Gasteiger partial charge in [-0.05, 0) is 60.2 Å². The maximum absolute atomic E-state index is 12.1. The molecule has 3 nitrogen and oxygen atoms in total. The third-order valence-electron chi connectivity index (χ3n) is 2.81. The second-order valence-corrected chi connectivity index (χ2v) is 5.74. The second-order valence-electron chi connectivity index (χ2n) is 4.14. The van der Waals surface area contributed by atoms with Crippen LogP contribution in [0.2, 0.25) is 5.02 Å². The highest BCUT2D eigenvalue weighted by molar-refractivity contribution is 14.1. The summed E-state index contributed by atoms with van der Waals surface area (Å²) in [6.45, 7) is 1.89. The van der Waals surface area contributed by atoms with Gasteiger partial charge in [0.05, 0.1) is 5.56 Å². The standard InChI is InChI=1S/C12H14ClIN2O/c13-8-3-4-11(14)10(6-8)12(17)16-9-2-1-5-15-7-9/h3-4,6,9,15H,1-2,5,7H2,(H,16,17). The first-order chi connectivity index (χ1) is 8.16. The Morgan fingerprint density at radius 1 is 1.53 bits per heavy atom. The normalized spacial score (nSPS) is 20.0. The number of hydrogen-bond donors (Lipinski definition) is 2. The van der Waals surface area contributed by atoms with Gasteiger partial charge in [0, 0.05) is 21.2 Å². The van der Waals surface area contributed by atoms with E-state index in [-0.39, 0.29) is 11.9 Å². The lowest BCUT2D eigenvalue weighted by Crippen LogP contribution is -2.45. The molecule has 1 saturated heterocycles. The average molecular weight is 365 g/mol. The average Bonchev–Trinajstić information content (AvgIpc) is 2.33. The topological polar surface area (TPSA) is 41.1 Å². The van der Waals surface area contributed by atoms with Crippen molar-refractivity contribution in [2.45, 2.75) is 18.9 Å². The van der Waals surface area contributed by atoms with E-state index in [1.807, 2.05) is 6.07 Å². The van der Waals surface area contributed by atoms with Crippen molar-refractivity contribution in [2.24, 2.45) is 0 Å². The van der Waals surface area contributed by atoms with E-state index in [2.05, 4.69) is 33.2 Å². The van der Waals surface area contributed by atoms with Gasteiger partial charge in [-0.25, -0.2) is 0 Å². The first-order valence-corrected chi connectivity index (χ1v) is 7.09. The molecule has 2 N–H and O–H groups in total. The van der Waals surface area contributed by atoms with Crippen LogP contribution in [-0.2, 0) is 0 Å². The van der Waals surface area contributed by atoms with Gasteiger partial charge >= 0.3 is 0 Å². The third kappa shape index (κ3) is 3.56. The Hall–Kier alpha value is -0.330. The number of amides is 1. The number of hydrogen-bond acceptors (Lipinski definition) is 2. The van der Waals surface area contributed by atoms with Crippen LogP contribution in [0, 0.1) is 3.57 Å². The van der Waals surface area contributed by atoms with Crippen molar-refractivity contribution >= 4 is 40.1 Å². The molecule has 92 valence electrons. The van der Waals surface area contributed by atoms with Gasteiger partial charge in [0.2, 0.25) is 0 Å². The molecule has 0 aliphatic carbocycles. The SMILES string of the molecule is O=C(NC1CCCNC1)c1cc(Cl)ccc1I. The molecule has 1 aliphatic rings. The molecule has 17 heavy (non-hydrogen) atoms. The van der Waals surface area contributed by atoms with Crippen molar-refractivity contribution in [1.29, 1.82) is 0 Å².